The van der Waals surface area contributed by atoms with Gasteiger partial charge in [0, 0.05) is 6.54 Å². The second kappa shape index (κ2) is 3.80. The molecule has 2 N–H and O–H groups in total. The molecular weight excluding hydrogens is 194 g/mol. The van der Waals surface area contributed by atoms with E-state index in [1.807, 2.05) is 18.2 Å². The summed E-state index contributed by atoms with van der Waals surface area (Å²) in [5.41, 5.74) is 8.46. The first-order valence-electron chi connectivity index (χ1n) is 3.32. The second-order valence-electron chi connectivity index (χ2n) is 2.25. The Hall–Kier alpha value is -0.710. The van der Waals surface area contributed by atoms with Gasteiger partial charge in [-0.25, -0.2) is 0 Å². The summed E-state index contributed by atoms with van der Waals surface area (Å²) < 4.78 is 8.24. The fraction of sp³-hybridized carbons (Fsp3) is 0.143. The van der Waals surface area contributed by atoms with Crippen LogP contribution in [0.15, 0.2) is 18.2 Å². The molecule has 0 spiro atoms. The molecule has 0 amide bonds. The number of nitrogens with two attached hydrogens (primary N) is 1. The lowest BCUT2D eigenvalue weighted by Crippen LogP contribution is -1.96. The molecule has 0 radical (unpaired) electrons. The third-order valence-electron chi connectivity index (χ3n) is 1.59. The molecule has 0 fully saturated rings. The van der Waals surface area contributed by atoms with Crippen molar-refractivity contribution in [1.29, 1.82) is 0 Å². The lowest BCUT2D eigenvalue weighted by atomic mass is 10.2. The average molecular weight is 202 g/mol. The van der Waals surface area contributed by atoms with E-state index in [-0.39, 0.29) is 12.4 Å². The van der Waals surface area contributed by atoms with Crippen molar-refractivity contribution in [1.82, 2.24) is 8.75 Å². The molecule has 0 aliphatic carbocycles. The van der Waals surface area contributed by atoms with Gasteiger partial charge in [-0.15, -0.1) is 12.4 Å². The van der Waals surface area contributed by atoms with Gasteiger partial charge in [-0.2, -0.15) is 8.75 Å². The van der Waals surface area contributed by atoms with E-state index < -0.39 is 0 Å². The summed E-state index contributed by atoms with van der Waals surface area (Å²) in [4.78, 5) is 0. The molecule has 2 aromatic rings. The highest BCUT2D eigenvalue weighted by Gasteiger charge is 2.01. The zero-order valence-electron chi connectivity index (χ0n) is 6.23. The van der Waals surface area contributed by atoms with Gasteiger partial charge in [-0.1, -0.05) is 12.1 Å². The van der Waals surface area contributed by atoms with E-state index in [9.17, 15) is 0 Å². The first-order valence-corrected chi connectivity index (χ1v) is 4.05. The zero-order chi connectivity index (χ0) is 7.68. The van der Waals surface area contributed by atoms with Crippen LogP contribution in [0.3, 0.4) is 0 Å². The topological polar surface area (TPSA) is 51.8 Å². The fourth-order valence-corrected chi connectivity index (χ4v) is 1.60. The Morgan fingerprint density at radius 1 is 1.33 bits per heavy atom. The van der Waals surface area contributed by atoms with Crippen molar-refractivity contribution >= 4 is 35.2 Å². The summed E-state index contributed by atoms with van der Waals surface area (Å²) in [5, 5.41) is 0. The highest BCUT2D eigenvalue weighted by atomic mass is 35.5. The highest BCUT2D eigenvalue weighted by molar-refractivity contribution is 7.00. The lowest BCUT2D eigenvalue weighted by Gasteiger charge is -1.94. The lowest BCUT2D eigenvalue weighted by molar-refractivity contribution is 1.08. The molecule has 0 aliphatic rings. The standard InChI is InChI=1S/C7H7N3S.ClH/c8-4-5-2-1-3-6-7(5)10-11-9-6;/h1-3H,4,8H2;1H. The summed E-state index contributed by atoms with van der Waals surface area (Å²) >= 11 is 1.23. The van der Waals surface area contributed by atoms with Crippen molar-refractivity contribution < 1.29 is 0 Å². The quantitative estimate of drug-likeness (QED) is 0.762. The van der Waals surface area contributed by atoms with Crippen molar-refractivity contribution in [2.45, 2.75) is 6.54 Å². The van der Waals surface area contributed by atoms with Crippen LogP contribution < -0.4 is 5.73 Å². The highest BCUT2D eigenvalue weighted by Crippen LogP contribution is 2.15. The average Bonchev–Trinajstić information content (AvgIpc) is 2.50. The minimum atomic E-state index is 0. The van der Waals surface area contributed by atoms with Gasteiger partial charge < -0.3 is 5.73 Å². The molecule has 0 atom stereocenters. The van der Waals surface area contributed by atoms with Crippen LogP contribution in [-0.4, -0.2) is 8.75 Å². The Kier molecular flexibility index (Phi) is 2.97. The molecule has 5 heteroatoms. The van der Waals surface area contributed by atoms with Crippen molar-refractivity contribution in [2.24, 2.45) is 5.73 Å². The Morgan fingerprint density at radius 2 is 2.17 bits per heavy atom. The number of halogens is 1. The summed E-state index contributed by atoms with van der Waals surface area (Å²) in [6.07, 6.45) is 0. The molecule has 64 valence electrons. The molecule has 0 saturated heterocycles. The summed E-state index contributed by atoms with van der Waals surface area (Å²) in [7, 11) is 0. The zero-order valence-corrected chi connectivity index (χ0v) is 7.86. The molecule has 1 aromatic carbocycles. The van der Waals surface area contributed by atoms with Gasteiger partial charge in [0.1, 0.15) is 11.0 Å². The van der Waals surface area contributed by atoms with Crippen LogP contribution in [0.4, 0.5) is 0 Å². The van der Waals surface area contributed by atoms with Gasteiger partial charge in [0.25, 0.3) is 0 Å². The van der Waals surface area contributed by atoms with Crippen LogP contribution in [0.5, 0.6) is 0 Å². The van der Waals surface area contributed by atoms with Crippen LogP contribution >= 0.6 is 24.1 Å². The molecule has 0 unspecified atom stereocenters. The molecule has 0 bridgehead atoms. The Morgan fingerprint density at radius 3 is 2.92 bits per heavy atom. The van der Waals surface area contributed by atoms with Gasteiger partial charge in [0.05, 0.1) is 11.7 Å². The molecular formula is C7H8ClN3S. The first-order chi connectivity index (χ1) is 5.42. The number of hydrogen-bond donors (Lipinski definition) is 1. The van der Waals surface area contributed by atoms with E-state index in [4.69, 9.17) is 5.73 Å². The third-order valence-corrected chi connectivity index (χ3v) is 2.13. The predicted molar refractivity (Wildman–Crippen MR) is 52.6 cm³/mol. The fourth-order valence-electron chi connectivity index (χ4n) is 1.03. The molecule has 2 rings (SSSR count). The smallest absolute Gasteiger partial charge is 0.109 e. The number of fused-ring (bicyclic) bond motifs is 1. The minimum Gasteiger partial charge on any atom is -0.326 e. The molecule has 12 heavy (non-hydrogen) atoms. The van der Waals surface area contributed by atoms with E-state index in [0.29, 0.717) is 6.54 Å². The van der Waals surface area contributed by atoms with E-state index in [0.717, 1.165) is 16.6 Å². The van der Waals surface area contributed by atoms with E-state index >= 15 is 0 Å². The third kappa shape index (κ3) is 1.41. The molecule has 0 aliphatic heterocycles. The Bertz CT molecular complexity index is 373. The van der Waals surface area contributed by atoms with Gasteiger partial charge in [0.2, 0.25) is 0 Å². The van der Waals surface area contributed by atoms with Crippen LogP contribution in [0.2, 0.25) is 0 Å². The summed E-state index contributed by atoms with van der Waals surface area (Å²) in [6.45, 7) is 0.531. The van der Waals surface area contributed by atoms with Crippen molar-refractivity contribution in [3.05, 3.63) is 23.8 Å². The van der Waals surface area contributed by atoms with Crippen molar-refractivity contribution in [2.75, 3.05) is 0 Å². The summed E-state index contributed by atoms with van der Waals surface area (Å²) in [5.74, 6) is 0. The maximum Gasteiger partial charge on any atom is 0.109 e. The molecule has 1 heterocycles. The Balaban J connectivity index is 0.000000720. The number of hydrogen-bond acceptors (Lipinski definition) is 4. The first kappa shape index (κ1) is 9.38. The van der Waals surface area contributed by atoms with E-state index in [2.05, 4.69) is 8.75 Å². The number of nitrogens with zero attached hydrogens (tertiary/aromatic N) is 2. The minimum absolute atomic E-state index is 0. The maximum atomic E-state index is 5.51. The van der Waals surface area contributed by atoms with Gasteiger partial charge in [-0.3, -0.25) is 0 Å². The molecule has 1 aromatic heterocycles. The molecule has 0 saturated carbocycles. The van der Waals surface area contributed by atoms with Crippen molar-refractivity contribution in [3.8, 4) is 0 Å². The second-order valence-corrected chi connectivity index (χ2v) is 2.78. The number of benzene rings is 1. The van der Waals surface area contributed by atoms with Crippen LogP contribution in [0.25, 0.3) is 11.0 Å². The number of aromatic nitrogens is 2. The van der Waals surface area contributed by atoms with Crippen LogP contribution in [0, 0.1) is 0 Å². The SMILES string of the molecule is Cl.NCc1cccc2nsnc12. The summed E-state index contributed by atoms with van der Waals surface area (Å²) in [6, 6.07) is 5.87. The van der Waals surface area contributed by atoms with Crippen molar-refractivity contribution in [3.63, 3.8) is 0 Å². The van der Waals surface area contributed by atoms with E-state index in [1.165, 1.54) is 11.7 Å². The maximum absolute atomic E-state index is 5.51. The predicted octanol–water partition coefficient (Wildman–Crippen LogP) is 1.57. The van der Waals surface area contributed by atoms with Crippen LogP contribution in [0.1, 0.15) is 5.56 Å². The van der Waals surface area contributed by atoms with Crippen LogP contribution in [-0.2, 0) is 6.54 Å². The van der Waals surface area contributed by atoms with Gasteiger partial charge in [-0.05, 0) is 11.6 Å². The Labute approximate surface area is 80.3 Å². The number of rotatable bonds is 1. The molecule has 3 nitrogen and oxygen atoms in total. The van der Waals surface area contributed by atoms with E-state index in [1.54, 1.807) is 0 Å². The normalized spacial score (nSPS) is 9.75. The van der Waals surface area contributed by atoms with Gasteiger partial charge in [0.15, 0.2) is 0 Å². The monoisotopic (exact) mass is 201 g/mol. The largest absolute Gasteiger partial charge is 0.326 e. The van der Waals surface area contributed by atoms with Gasteiger partial charge >= 0.3 is 0 Å².